The number of piperidine rings is 2. The van der Waals surface area contributed by atoms with E-state index in [9.17, 15) is 0 Å². The SMILES string of the molecule is Cc1ccc(C2[NH+]3CC4(C)C[NH+]2CC(C)(C3)C4)cc1. The van der Waals surface area contributed by atoms with E-state index in [0.717, 1.165) is 0 Å². The van der Waals surface area contributed by atoms with E-state index < -0.39 is 0 Å². The Balaban J connectivity index is 1.71. The van der Waals surface area contributed by atoms with Crippen molar-refractivity contribution in [3.05, 3.63) is 35.4 Å². The smallest absolute Gasteiger partial charge is 0.240 e. The highest BCUT2D eigenvalue weighted by Gasteiger charge is 2.62. The standard InChI is InChI=1S/C17H24N2/c1-13-4-6-14(7-5-13)15-18-9-16(2)8-17(3,11-18)12-19(15)10-16/h4-7,15H,8-12H2,1-3H3/p+2. The Kier molecular flexibility index (Phi) is 2.27. The van der Waals surface area contributed by atoms with Crippen molar-refractivity contribution in [2.24, 2.45) is 10.8 Å². The molecular formula is C17H26N2+2. The van der Waals surface area contributed by atoms with Crippen molar-refractivity contribution in [2.45, 2.75) is 33.4 Å². The number of nitrogens with one attached hydrogen (secondary N) is 2. The lowest BCUT2D eigenvalue weighted by atomic mass is 9.63. The number of hydrogen-bond donors (Lipinski definition) is 2. The van der Waals surface area contributed by atoms with Crippen LogP contribution in [0.2, 0.25) is 0 Å². The van der Waals surface area contributed by atoms with Crippen molar-refractivity contribution in [1.29, 1.82) is 0 Å². The van der Waals surface area contributed by atoms with Crippen LogP contribution in [0.3, 0.4) is 0 Å². The molecule has 102 valence electrons. The third-order valence-corrected chi connectivity index (χ3v) is 5.70. The Labute approximate surface area is 116 Å². The Hall–Kier alpha value is -0.860. The maximum atomic E-state index is 2.52. The van der Waals surface area contributed by atoms with Gasteiger partial charge in [0.25, 0.3) is 0 Å². The zero-order valence-corrected chi connectivity index (χ0v) is 12.4. The molecule has 4 aliphatic rings. The molecule has 0 aliphatic carbocycles. The molecule has 2 N–H and O–H groups in total. The molecule has 2 heteroatoms. The van der Waals surface area contributed by atoms with Crippen LogP contribution < -0.4 is 9.80 Å². The largest absolute Gasteiger partial charge is 0.281 e. The summed E-state index contributed by atoms with van der Waals surface area (Å²) in [6.45, 7) is 12.7. The molecule has 4 saturated heterocycles. The van der Waals surface area contributed by atoms with Gasteiger partial charge in [0.15, 0.2) is 0 Å². The van der Waals surface area contributed by atoms with E-state index in [1.165, 1.54) is 38.2 Å². The summed E-state index contributed by atoms with van der Waals surface area (Å²) in [5.74, 6) is 0. The monoisotopic (exact) mass is 258 g/mol. The lowest BCUT2D eigenvalue weighted by Crippen LogP contribution is -3.40. The van der Waals surface area contributed by atoms with E-state index in [1.807, 2.05) is 9.80 Å². The summed E-state index contributed by atoms with van der Waals surface area (Å²) >= 11 is 0. The molecule has 4 heterocycles. The maximum absolute atomic E-state index is 2.52. The highest BCUT2D eigenvalue weighted by atomic mass is 15.4. The average Bonchev–Trinajstić information content (AvgIpc) is 2.27. The molecular weight excluding hydrogens is 232 g/mol. The first kappa shape index (κ1) is 11.9. The molecule has 0 unspecified atom stereocenters. The van der Waals surface area contributed by atoms with E-state index in [0.29, 0.717) is 17.0 Å². The molecule has 4 bridgehead atoms. The predicted octanol–water partition coefficient (Wildman–Crippen LogP) is 0.207. The van der Waals surface area contributed by atoms with Crippen molar-refractivity contribution < 1.29 is 9.80 Å². The molecule has 4 aliphatic heterocycles. The van der Waals surface area contributed by atoms with E-state index in [2.05, 4.69) is 45.0 Å². The van der Waals surface area contributed by atoms with Crippen LogP contribution in [0, 0.1) is 17.8 Å². The van der Waals surface area contributed by atoms with Gasteiger partial charge >= 0.3 is 0 Å². The molecule has 4 fully saturated rings. The molecule has 5 rings (SSSR count). The van der Waals surface area contributed by atoms with E-state index in [1.54, 1.807) is 5.56 Å². The number of benzene rings is 1. The molecule has 0 spiro atoms. The van der Waals surface area contributed by atoms with Gasteiger partial charge in [-0.15, -0.1) is 0 Å². The van der Waals surface area contributed by atoms with Gasteiger partial charge in [-0.25, -0.2) is 0 Å². The lowest BCUT2D eigenvalue weighted by molar-refractivity contribution is -1.18. The molecule has 2 nitrogen and oxygen atoms in total. The minimum atomic E-state index is 0.594. The quantitative estimate of drug-likeness (QED) is 0.712. The molecule has 0 atom stereocenters. The molecule has 0 aromatic heterocycles. The molecule has 1 aromatic carbocycles. The van der Waals surface area contributed by atoms with Gasteiger partial charge in [-0.2, -0.15) is 0 Å². The highest BCUT2D eigenvalue weighted by molar-refractivity contribution is 5.22. The molecule has 1 aromatic rings. The third-order valence-electron chi connectivity index (χ3n) is 5.70. The fourth-order valence-electron chi connectivity index (χ4n) is 5.65. The van der Waals surface area contributed by atoms with Crippen molar-refractivity contribution in [1.82, 2.24) is 0 Å². The second kappa shape index (κ2) is 3.62. The average molecular weight is 258 g/mol. The van der Waals surface area contributed by atoms with Gasteiger partial charge in [-0.1, -0.05) is 17.7 Å². The summed E-state index contributed by atoms with van der Waals surface area (Å²) in [4.78, 5) is 3.68. The van der Waals surface area contributed by atoms with E-state index in [4.69, 9.17) is 0 Å². The zero-order valence-electron chi connectivity index (χ0n) is 12.4. The zero-order chi connectivity index (χ0) is 13.3. The van der Waals surface area contributed by atoms with Crippen LogP contribution in [0.25, 0.3) is 0 Å². The molecule has 0 amide bonds. The van der Waals surface area contributed by atoms with Crippen molar-refractivity contribution in [3.8, 4) is 0 Å². The molecule has 0 radical (unpaired) electrons. The van der Waals surface area contributed by atoms with Gasteiger partial charge in [-0.3, -0.25) is 9.80 Å². The number of quaternary nitrogens is 2. The van der Waals surface area contributed by atoms with Crippen molar-refractivity contribution in [3.63, 3.8) is 0 Å². The van der Waals surface area contributed by atoms with Crippen LogP contribution in [0.1, 0.15) is 37.6 Å². The van der Waals surface area contributed by atoms with Crippen LogP contribution in [0.15, 0.2) is 24.3 Å². The minimum absolute atomic E-state index is 0.594. The van der Waals surface area contributed by atoms with Crippen LogP contribution in [-0.4, -0.2) is 26.2 Å². The normalized spacial score (nSPS) is 47.6. The first-order valence-electron chi connectivity index (χ1n) is 7.72. The number of rotatable bonds is 1. The first-order valence-corrected chi connectivity index (χ1v) is 7.72. The van der Waals surface area contributed by atoms with Crippen molar-refractivity contribution in [2.75, 3.05) is 26.2 Å². The Morgan fingerprint density at radius 2 is 1.37 bits per heavy atom. The summed E-state index contributed by atoms with van der Waals surface area (Å²) in [7, 11) is 0. The minimum Gasteiger partial charge on any atom is -0.281 e. The predicted molar refractivity (Wildman–Crippen MR) is 76.1 cm³/mol. The van der Waals surface area contributed by atoms with Gasteiger partial charge in [0.1, 0.15) is 0 Å². The van der Waals surface area contributed by atoms with Gasteiger partial charge < -0.3 is 0 Å². The number of hydrogen-bond acceptors (Lipinski definition) is 0. The van der Waals surface area contributed by atoms with Crippen LogP contribution >= 0.6 is 0 Å². The second-order valence-corrected chi connectivity index (χ2v) is 8.17. The van der Waals surface area contributed by atoms with Gasteiger partial charge in [0.2, 0.25) is 6.17 Å². The summed E-state index contributed by atoms with van der Waals surface area (Å²) < 4.78 is 0. The Morgan fingerprint density at radius 3 is 1.84 bits per heavy atom. The van der Waals surface area contributed by atoms with Crippen LogP contribution in [0.5, 0.6) is 0 Å². The van der Waals surface area contributed by atoms with Crippen LogP contribution in [0.4, 0.5) is 0 Å². The Bertz CT molecular complexity index is 468. The fraction of sp³-hybridized carbons (Fsp3) is 0.647. The summed E-state index contributed by atoms with van der Waals surface area (Å²) in [5.41, 5.74) is 4.12. The van der Waals surface area contributed by atoms with E-state index in [-0.39, 0.29) is 0 Å². The highest BCUT2D eigenvalue weighted by Crippen LogP contribution is 2.39. The third kappa shape index (κ3) is 1.77. The molecule has 19 heavy (non-hydrogen) atoms. The lowest BCUT2D eigenvalue weighted by Gasteiger charge is -2.60. The summed E-state index contributed by atoms with van der Waals surface area (Å²) in [6.07, 6.45) is 2.15. The van der Waals surface area contributed by atoms with Crippen LogP contribution in [-0.2, 0) is 0 Å². The Morgan fingerprint density at radius 1 is 0.895 bits per heavy atom. The van der Waals surface area contributed by atoms with Gasteiger partial charge in [0.05, 0.1) is 42.6 Å². The summed E-state index contributed by atoms with van der Waals surface area (Å²) in [5, 5.41) is 0. The first-order chi connectivity index (χ1) is 8.96. The van der Waals surface area contributed by atoms with Crippen molar-refractivity contribution >= 4 is 0 Å². The van der Waals surface area contributed by atoms with Gasteiger partial charge in [0, 0.05) is 0 Å². The van der Waals surface area contributed by atoms with Gasteiger partial charge in [-0.05, 0) is 39.3 Å². The summed E-state index contributed by atoms with van der Waals surface area (Å²) in [6, 6.07) is 9.30. The maximum Gasteiger partial charge on any atom is 0.240 e. The second-order valence-electron chi connectivity index (χ2n) is 8.17. The number of aryl methyl sites for hydroxylation is 1. The van der Waals surface area contributed by atoms with E-state index >= 15 is 0 Å². The molecule has 0 saturated carbocycles. The fourth-order valence-corrected chi connectivity index (χ4v) is 5.65. The topological polar surface area (TPSA) is 8.88 Å².